The van der Waals surface area contributed by atoms with E-state index in [9.17, 15) is 14.7 Å². The molecule has 0 aliphatic carbocycles. The van der Waals surface area contributed by atoms with Crippen LogP contribution in [0, 0.1) is 11.3 Å². The molecule has 1 saturated heterocycles. The molecule has 0 radical (unpaired) electrons. The number of urea groups is 1. The highest BCUT2D eigenvalue weighted by molar-refractivity contribution is 5.80. The van der Waals surface area contributed by atoms with E-state index in [-0.39, 0.29) is 18.5 Å². The maximum atomic E-state index is 12.4. The van der Waals surface area contributed by atoms with Crippen molar-refractivity contribution in [1.29, 1.82) is 0 Å². The van der Waals surface area contributed by atoms with Gasteiger partial charge in [0.15, 0.2) is 0 Å². The van der Waals surface area contributed by atoms with Crippen molar-refractivity contribution in [3.63, 3.8) is 0 Å². The zero-order valence-corrected chi connectivity index (χ0v) is 12.5. The number of rotatable bonds is 4. The van der Waals surface area contributed by atoms with Crippen molar-refractivity contribution in [2.75, 3.05) is 20.1 Å². The molecule has 1 aliphatic heterocycles. The number of amides is 2. The van der Waals surface area contributed by atoms with Gasteiger partial charge in [-0.15, -0.1) is 0 Å². The van der Waals surface area contributed by atoms with Gasteiger partial charge >= 0.3 is 12.0 Å². The molecule has 1 aromatic heterocycles. The fourth-order valence-electron chi connectivity index (χ4n) is 2.73. The fourth-order valence-corrected chi connectivity index (χ4v) is 2.73. The second-order valence-corrected chi connectivity index (χ2v) is 5.86. The van der Waals surface area contributed by atoms with Crippen LogP contribution in [-0.2, 0) is 11.3 Å². The molecule has 8 nitrogen and oxygen atoms in total. The predicted octanol–water partition coefficient (Wildman–Crippen LogP) is 0.789. The number of aliphatic carboxylic acids is 1. The zero-order chi connectivity index (χ0) is 15.6. The summed E-state index contributed by atoms with van der Waals surface area (Å²) >= 11 is 0. The summed E-state index contributed by atoms with van der Waals surface area (Å²) in [5.74, 6) is -0.253. The van der Waals surface area contributed by atoms with Gasteiger partial charge in [-0.2, -0.15) is 5.10 Å². The van der Waals surface area contributed by atoms with Gasteiger partial charge in [-0.3, -0.25) is 9.89 Å². The van der Waals surface area contributed by atoms with Gasteiger partial charge in [0.05, 0.1) is 12.0 Å². The third-order valence-electron chi connectivity index (χ3n) is 4.28. The number of nitrogens with one attached hydrogen (secondary N) is 1. The van der Waals surface area contributed by atoms with Crippen LogP contribution in [0.4, 0.5) is 4.79 Å². The molecule has 2 rings (SSSR count). The summed E-state index contributed by atoms with van der Waals surface area (Å²) in [6.45, 7) is 4.81. The van der Waals surface area contributed by atoms with Crippen molar-refractivity contribution >= 4 is 12.0 Å². The highest BCUT2D eigenvalue weighted by Crippen LogP contribution is 2.38. The Balaban J connectivity index is 2.03. The van der Waals surface area contributed by atoms with Gasteiger partial charge in [-0.1, -0.05) is 13.8 Å². The van der Waals surface area contributed by atoms with Crippen LogP contribution in [0.15, 0.2) is 6.33 Å². The highest BCUT2D eigenvalue weighted by atomic mass is 16.4. The third-order valence-corrected chi connectivity index (χ3v) is 4.28. The van der Waals surface area contributed by atoms with Crippen molar-refractivity contribution in [3.8, 4) is 0 Å². The van der Waals surface area contributed by atoms with Crippen LogP contribution in [0.1, 0.15) is 26.1 Å². The Morgan fingerprint density at radius 2 is 2.29 bits per heavy atom. The number of carbonyl (C=O) groups is 2. The van der Waals surface area contributed by atoms with Crippen molar-refractivity contribution in [3.05, 3.63) is 12.2 Å². The van der Waals surface area contributed by atoms with Crippen LogP contribution in [0.3, 0.4) is 0 Å². The lowest BCUT2D eigenvalue weighted by atomic mass is 9.76. The zero-order valence-electron chi connectivity index (χ0n) is 12.5. The number of nitrogens with zero attached hydrogens (tertiary/aromatic N) is 4. The van der Waals surface area contributed by atoms with Crippen LogP contribution >= 0.6 is 0 Å². The second-order valence-electron chi connectivity index (χ2n) is 5.86. The van der Waals surface area contributed by atoms with Gasteiger partial charge in [0.1, 0.15) is 12.2 Å². The minimum atomic E-state index is -0.845. The topological polar surface area (TPSA) is 102 Å². The first-order chi connectivity index (χ1) is 9.86. The van der Waals surface area contributed by atoms with E-state index in [2.05, 4.69) is 15.2 Å². The largest absolute Gasteiger partial charge is 0.481 e. The molecule has 21 heavy (non-hydrogen) atoms. The smallest absolute Gasteiger partial charge is 0.320 e. The number of carboxylic acids is 1. The highest BCUT2D eigenvalue weighted by Gasteiger charge is 2.48. The van der Waals surface area contributed by atoms with E-state index in [0.717, 1.165) is 0 Å². The maximum absolute atomic E-state index is 12.4. The lowest BCUT2D eigenvalue weighted by Crippen LogP contribution is -2.44. The normalized spacial score (nSPS) is 21.8. The second kappa shape index (κ2) is 5.71. The van der Waals surface area contributed by atoms with Crippen molar-refractivity contribution < 1.29 is 14.7 Å². The Labute approximate surface area is 123 Å². The predicted molar refractivity (Wildman–Crippen MR) is 74.3 cm³/mol. The van der Waals surface area contributed by atoms with Crippen molar-refractivity contribution in [1.82, 2.24) is 25.0 Å². The minimum Gasteiger partial charge on any atom is -0.481 e. The average Bonchev–Trinajstić information content (AvgIpc) is 3.06. The van der Waals surface area contributed by atoms with E-state index in [1.54, 1.807) is 11.9 Å². The van der Waals surface area contributed by atoms with E-state index in [0.29, 0.717) is 25.3 Å². The Kier molecular flexibility index (Phi) is 4.15. The summed E-state index contributed by atoms with van der Waals surface area (Å²) in [6, 6.07) is -0.185. The van der Waals surface area contributed by atoms with Crippen LogP contribution in [0.2, 0.25) is 0 Å². The van der Waals surface area contributed by atoms with Crippen molar-refractivity contribution in [2.45, 2.75) is 26.8 Å². The monoisotopic (exact) mass is 295 g/mol. The Morgan fingerprint density at radius 3 is 2.76 bits per heavy atom. The fraction of sp³-hybridized carbons (Fsp3) is 0.692. The molecule has 1 aliphatic rings. The van der Waals surface area contributed by atoms with E-state index in [1.165, 1.54) is 11.2 Å². The first-order valence-electron chi connectivity index (χ1n) is 6.94. The van der Waals surface area contributed by atoms with Crippen LogP contribution < -0.4 is 0 Å². The lowest BCUT2D eigenvalue weighted by molar-refractivity contribution is -0.150. The molecule has 1 unspecified atom stereocenters. The van der Waals surface area contributed by atoms with Gasteiger partial charge in [0.2, 0.25) is 0 Å². The molecule has 1 fully saturated rings. The van der Waals surface area contributed by atoms with Crippen molar-refractivity contribution in [2.24, 2.45) is 11.3 Å². The van der Waals surface area contributed by atoms with E-state index in [1.807, 2.05) is 13.8 Å². The Hall–Kier alpha value is -2.12. The molecule has 0 aromatic carbocycles. The van der Waals surface area contributed by atoms with Crippen LogP contribution in [0.5, 0.6) is 0 Å². The number of aromatic nitrogens is 3. The minimum absolute atomic E-state index is 0.0209. The molecule has 116 valence electrons. The molecule has 0 saturated carbocycles. The third kappa shape index (κ3) is 2.84. The quantitative estimate of drug-likeness (QED) is 0.855. The summed E-state index contributed by atoms with van der Waals surface area (Å²) in [4.78, 5) is 31.1. The standard InChI is InChI=1S/C13H21N5O3/c1-9(2)13(11(19)20)4-5-18(7-13)12(21)17(3)6-10-14-8-15-16-10/h8-9H,4-7H2,1-3H3,(H,19,20)(H,14,15,16). The van der Waals surface area contributed by atoms with Gasteiger partial charge in [-0.05, 0) is 12.3 Å². The van der Waals surface area contributed by atoms with Crippen LogP contribution in [-0.4, -0.2) is 62.2 Å². The van der Waals surface area contributed by atoms with E-state index in [4.69, 9.17) is 0 Å². The molecule has 0 bridgehead atoms. The number of aromatic amines is 1. The summed E-state index contributed by atoms with van der Waals surface area (Å²) < 4.78 is 0. The molecule has 1 aromatic rings. The summed E-state index contributed by atoms with van der Waals surface area (Å²) in [6.07, 6.45) is 1.87. The van der Waals surface area contributed by atoms with Gasteiger partial charge in [0.25, 0.3) is 0 Å². The van der Waals surface area contributed by atoms with Gasteiger partial charge in [-0.25, -0.2) is 9.78 Å². The number of H-pyrrole nitrogens is 1. The average molecular weight is 295 g/mol. The summed E-state index contributed by atoms with van der Waals surface area (Å²) in [7, 11) is 1.67. The SMILES string of the molecule is CC(C)C1(C(=O)O)CCN(C(=O)N(C)Cc2ncn[nH]2)C1. The Morgan fingerprint density at radius 1 is 1.57 bits per heavy atom. The number of carboxylic acid groups (broad SMARTS) is 1. The molecule has 8 heteroatoms. The molecular weight excluding hydrogens is 274 g/mol. The molecule has 2 heterocycles. The lowest BCUT2D eigenvalue weighted by Gasteiger charge is -2.30. The molecular formula is C13H21N5O3. The number of likely N-dealkylation sites (tertiary alicyclic amines) is 1. The van der Waals surface area contributed by atoms with E-state index >= 15 is 0 Å². The molecule has 2 amide bonds. The Bertz CT molecular complexity index is 516. The molecule has 1 atom stereocenters. The maximum Gasteiger partial charge on any atom is 0.320 e. The number of hydrogen-bond acceptors (Lipinski definition) is 4. The van der Waals surface area contributed by atoms with Crippen LogP contribution in [0.25, 0.3) is 0 Å². The van der Waals surface area contributed by atoms with Gasteiger partial charge < -0.3 is 14.9 Å². The summed E-state index contributed by atoms with van der Waals surface area (Å²) in [5.41, 5.74) is -0.845. The van der Waals surface area contributed by atoms with E-state index < -0.39 is 11.4 Å². The number of carbonyl (C=O) groups excluding carboxylic acids is 1. The first-order valence-corrected chi connectivity index (χ1v) is 6.94. The molecule has 0 spiro atoms. The summed E-state index contributed by atoms with van der Waals surface area (Å²) in [5, 5.41) is 15.9. The first kappa shape index (κ1) is 15.3. The molecule has 2 N–H and O–H groups in total. The van der Waals surface area contributed by atoms with Gasteiger partial charge in [0, 0.05) is 20.1 Å². The number of hydrogen-bond donors (Lipinski definition) is 2.